The van der Waals surface area contributed by atoms with Gasteiger partial charge >= 0.3 is 0 Å². The first kappa shape index (κ1) is 17.8. The lowest BCUT2D eigenvalue weighted by molar-refractivity contribution is 0.0764. The fourth-order valence-corrected chi connectivity index (χ4v) is 1.77. The summed E-state index contributed by atoms with van der Waals surface area (Å²) in [5, 5.41) is 3.44. The van der Waals surface area contributed by atoms with Crippen LogP contribution in [0.15, 0.2) is 24.3 Å². The van der Waals surface area contributed by atoms with Crippen LogP contribution in [-0.2, 0) is 4.74 Å². The number of hydrogen-bond donors (Lipinski definition) is 1. The molecule has 0 saturated carbocycles. The van der Waals surface area contributed by atoms with Crippen LogP contribution in [0.1, 0.15) is 34.1 Å². The van der Waals surface area contributed by atoms with Crippen molar-refractivity contribution in [3.8, 4) is 11.5 Å². The third-order valence-electron chi connectivity index (χ3n) is 2.81. The van der Waals surface area contributed by atoms with Crippen molar-refractivity contribution >= 4 is 0 Å². The highest BCUT2D eigenvalue weighted by Crippen LogP contribution is 2.19. The molecule has 1 aromatic carbocycles. The maximum absolute atomic E-state index is 5.97. The standard InChI is InChI=1S/C17H29NO3/c1-6-11-20-14-7-9-15(10-8-14)21-16(13-19-5)12-18-17(2,3)4/h7-10,16,18H,6,11-13H2,1-5H3. The predicted octanol–water partition coefficient (Wildman–Crippen LogP) is 3.26. The summed E-state index contributed by atoms with van der Waals surface area (Å²) < 4.78 is 16.8. The van der Waals surface area contributed by atoms with E-state index in [4.69, 9.17) is 14.2 Å². The van der Waals surface area contributed by atoms with E-state index in [9.17, 15) is 0 Å². The van der Waals surface area contributed by atoms with E-state index in [1.165, 1.54) is 0 Å². The van der Waals surface area contributed by atoms with E-state index in [-0.39, 0.29) is 11.6 Å². The van der Waals surface area contributed by atoms with Crippen LogP contribution in [0.5, 0.6) is 11.5 Å². The largest absolute Gasteiger partial charge is 0.494 e. The van der Waals surface area contributed by atoms with E-state index in [0.717, 1.165) is 31.1 Å². The van der Waals surface area contributed by atoms with Crippen LogP contribution in [-0.4, -0.2) is 38.5 Å². The van der Waals surface area contributed by atoms with Crippen molar-refractivity contribution in [1.82, 2.24) is 5.32 Å². The van der Waals surface area contributed by atoms with Crippen molar-refractivity contribution in [2.24, 2.45) is 0 Å². The topological polar surface area (TPSA) is 39.7 Å². The Morgan fingerprint density at radius 2 is 1.71 bits per heavy atom. The Balaban J connectivity index is 2.53. The fourth-order valence-electron chi connectivity index (χ4n) is 1.77. The van der Waals surface area contributed by atoms with Crippen molar-refractivity contribution in [2.75, 3.05) is 26.9 Å². The highest BCUT2D eigenvalue weighted by atomic mass is 16.5. The number of rotatable bonds is 9. The summed E-state index contributed by atoms with van der Waals surface area (Å²) in [6.45, 7) is 10.5. The van der Waals surface area contributed by atoms with Gasteiger partial charge in [-0.25, -0.2) is 0 Å². The van der Waals surface area contributed by atoms with Crippen molar-refractivity contribution in [3.63, 3.8) is 0 Å². The molecule has 1 rings (SSSR count). The quantitative estimate of drug-likeness (QED) is 0.759. The molecular weight excluding hydrogens is 266 g/mol. The number of nitrogens with one attached hydrogen (secondary N) is 1. The molecule has 0 aliphatic rings. The molecule has 1 atom stereocenters. The highest BCUT2D eigenvalue weighted by Gasteiger charge is 2.15. The molecular formula is C17H29NO3. The maximum atomic E-state index is 5.97. The Morgan fingerprint density at radius 1 is 1.10 bits per heavy atom. The Labute approximate surface area is 128 Å². The average Bonchev–Trinajstić information content (AvgIpc) is 2.43. The van der Waals surface area contributed by atoms with Crippen molar-refractivity contribution < 1.29 is 14.2 Å². The van der Waals surface area contributed by atoms with Gasteiger partial charge in [0, 0.05) is 19.2 Å². The average molecular weight is 295 g/mol. The molecule has 120 valence electrons. The first-order valence-electron chi connectivity index (χ1n) is 7.58. The molecule has 0 amide bonds. The van der Waals surface area contributed by atoms with Crippen molar-refractivity contribution in [2.45, 2.75) is 45.8 Å². The number of benzene rings is 1. The van der Waals surface area contributed by atoms with Crippen molar-refractivity contribution in [1.29, 1.82) is 0 Å². The van der Waals surface area contributed by atoms with Gasteiger partial charge < -0.3 is 19.5 Å². The summed E-state index contributed by atoms with van der Waals surface area (Å²) in [7, 11) is 1.69. The smallest absolute Gasteiger partial charge is 0.134 e. The lowest BCUT2D eigenvalue weighted by atomic mass is 10.1. The number of methoxy groups -OCH3 is 1. The predicted molar refractivity (Wildman–Crippen MR) is 86.3 cm³/mol. The van der Waals surface area contributed by atoms with Gasteiger partial charge in [-0.3, -0.25) is 0 Å². The molecule has 1 N–H and O–H groups in total. The minimum absolute atomic E-state index is 0.0170. The molecule has 1 aromatic rings. The Hall–Kier alpha value is -1.26. The molecule has 0 aliphatic carbocycles. The van der Waals surface area contributed by atoms with E-state index in [1.54, 1.807) is 7.11 Å². The highest BCUT2D eigenvalue weighted by molar-refractivity contribution is 5.31. The summed E-state index contributed by atoms with van der Waals surface area (Å²) >= 11 is 0. The first-order chi connectivity index (χ1) is 9.94. The van der Waals surface area contributed by atoms with Crippen LogP contribution in [0.4, 0.5) is 0 Å². The van der Waals surface area contributed by atoms with Crippen LogP contribution in [0.2, 0.25) is 0 Å². The molecule has 0 spiro atoms. The van der Waals surface area contributed by atoms with Crippen LogP contribution in [0, 0.1) is 0 Å². The number of hydrogen-bond acceptors (Lipinski definition) is 4. The van der Waals surface area contributed by atoms with Gasteiger partial charge in [0.1, 0.15) is 17.6 Å². The summed E-state index contributed by atoms with van der Waals surface area (Å²) in [6.07, 6.45) is 0.990. The van der Waals surface area contributed by atoms with E-state index in [1.807, 2.05) is 24.3 Å². The van der Waals surface area contributed by atoms with Gasteiger partial charge in [0.2, 0.25) is 0 Å². The third kappa shape index (κ3) is 7.93. The molecule has 0 bridgehead atoms. The summed E-state index contributed by atoms with van der Waals surface area (Å²) in [5.74, 6) is 1.71. The van der Waals surface area contributed by atoms with Gasteiger partial charge in [0.25, 0.3) is 0 Å². The summed E-state index contributed by atoms with van der Waals surface area (Å²) in [4.78, 5) is 0. The Bertz CT molecular complexity index is 384. The monoisotopic (exact) mass is 295 g/mol. The molecule has 4 heteroatoms. The SMILES string of the molecule is CCCOc1ccc(OC(CNC(C)(C)C)COC)cc1. The summed E-state index contributed by atoms with van der Waals surface area (Å²) in [6, 6.07) is 7.74. The zero-order chi connectivity index (χ0) is 15.7. The van der Waals surface area contributed by atoms with E-state index < -0.39 is 0 Å². The second-order valence-electron chi connectivity index (χ2n) is 6.15. The molecule has 21 heavy (non-hydrogen) atoms. The van der Waals surface area contributed by atoms with Crippen LogP contribution in [0.25, 0.3) is 0 Å². The molecule has 0 aliphatic heterocycles. The Morgan fingerprint density at radius 3 is 2.24 bits per heavy atom. The van der Waals surface area contributed by atoms with E-state index in [2.05, 4.69) is 33.0 Å². The lowest BCUT2D eigenvalue weighted by Crippen LogP contribution is -2.44. The van der Waals surface area contributed by atoms with E-state index in [0.29, 0.717) is 6.61 Å². The third-order valence-corrected chi connectivity index (χ3v) is 2.81. The first-order valence-corrected chi connectivity index (χ1v) is 7.58. The molecule has 1 unspecified atom stereocenters. The Kier molecular flexibility index (Phi) is 7.54. The van der Waals surface area contributed by atoms with Gasteiger partial charge in [0.15, 0.2) is 0 Å². The van der Waals surface area contributed by atoms with Gasteiger partial charge in [0.05, 0.1) is 13.2 Å². The van der Waals surface area contributed by atoms with Gasteiger partial charge in [-0.05, 0) is 51.5 Å². The second-order valence-corrected chi connectivity index (χ2v) is 6.15. The van der Waals surface area contributed by atoms with Gasteiger partial charge in [-0.15, -0.1) is 0 Å². The summed E-state index contributed by atoms with van der Waals surface area (Å²) in [5.41, 5.74) is 0.0627. The van der Waals surface area contributed by atoms with Crippen LogP contribution < -0.4 is 14.8 Å². The van der Waals surface area contributed by atoms with Gasteiger partial charge in [-0.2, -0.15) is 0 Å². The second kappa shape index (κ2) is 8.90. The van der Waals surface area contributed by atoms with E-state index >= 15 is 0 Å². The zero-order valence-corrected chi connectivity index (χ0v) is 13.9. The molecule has 0 heterocycles. The van der Waals surface area contributed by atoms with Gasteiger partial charge in [-0.1, -0.05) is 6.92 Å². The normalized spacial score (nSPS) is 13.0. The fraction of sp³-hybridized carbons (Fsp3) is 0.647. The molecule has 4 nitrogen and oxygen atoms in total. The molecule has 0 aromatic heterocycles. The zero-order valence-electron chi connectivity index (χ0n) is 13.9. The van der Waals surface area contributed by atoms with Crippen molar-refractivity contribution in [3.05, 3.63) is 24.3 Å². The molecule has 0 saturated heterocycles. The number of ether oxygens (including phenoxy) is 3. The molecule has 0 fully saturated rings. The lowest BCUT2D eigenvalue weighted by Gasteiger charge is -2.25. The minimum Gasteiger partial charge on any atom is -0.494 e. The minimum atomic E-state index is -0.0170. The maximum Gasteiger partial charge on any atom is 0.134 e. The van der Waals surface area contributed by atoms with Crippen LogP contribution in [0.3, 0.4) is 0 Å². The molecule has 0 radical (unpaired) electrons. The van der Waals surface area contributed by atoms with Crippen LogP contribution >= 0.6 is 0 Å².